The Bertz CT molecular complexity index is 1120. The number of aliphatic hydroxyl groups is 1. The number of aliphatic hydroxyl groups excluding tert-OH is 1. The molecule has 3 rings (SSSR count). The van der Waals surface area contributed by atoms with Gasteiger partial charge in [-0.1, -0.05) is 96.8 Å². The van der Waals surface area contributed by atoms with Gasteiger partial charge in [-0.2, -0.15) is 0 Å². The molecular weight excluding hydrogens is 504 g/mol. The summed E-state index contributed by atoms with van der Waals surface area (Å²) in [5.74, 6) is 1.20. The van der Waals surface area contributed by atoms with Crippen LogP contribution in [0.15, 0.2) is 56.5 Å². The first-order valence-corrected chi connectivity index (χ1v) is 15.3. The van der Waals surface area contributed by atoms with E-state index in [1.54, 1.807) is 25.3 Å². The first kappa shape index (κ1) is 31.3. The summed E-state index contributed by atoms with van der Waals surface area (Å²) in [7, 11) is 0. The highest BCUT2D eigenvalue weighted by Gasteiger charge is 2.32. The number of Topliss-reactive ketones (excluding diaryl/α,β-unsaturated/α-hetero) is 1. The zero-order valence-corrected chi connectivity index (χ0v) is 24.5. The molecule has 0 radical (unpaired) electrons. The normalized spacial score (nSPS) is 18.1. The van der Waals surface area contributed by atoms with Crippen molar-refractivity contribution in [1.82, 2.24) is 4.98 Å². The Kier molecular flexibility index (Phi) is 14.2. The summed E-state index contributed by atoms with van der Waals surface area (Å²) in [6.45, 7) is 4.58. The summed E-state index contributed by atoms with van der Waals surface area (Å²) in [5.41, 5.74) is 0.453. The molecule has 0 spiro atoms. The van der Waals surface area contributed by atoms with Crippen LogP contribution in [0.25, 0.3) is 6.08 Å². The third-order valence-electron chi connectivity index (χ3n) is 7.19. The van der Waals surface area contributed by atoms with Crippen molar-refractivity contribution in [2.75, 3.05) is 6.61 Å². The van der Waals surface area contributed by atoms with Gasteiger partial charge in [0.25, 0.3) is 5.76 Å². The van der Waals surface area contributed by atoms with Crippen molar-refractivity contribution in [2.45, 2.75) is 117 Å². The second-order valence-electron chi connectivity index (χ2n) is 10.6. The molecule has 218 valence electrons. The van der Waals surface area contributed by atoms with Gasteiger partial charge in [0, 0.05) is 19.4 Å². The molecule has 1 aliphatic heterocycles. The summed E-state index contributed by atoms with van der Waals surface area (Å²) in [6, 6.07) is 0. The SMILES string of the molecule is CCCCCCCCCCCCCCCCCC[O+]=C1N=C/C(=C/C=C2/C(=O)C(/C=C/c3cnc(C)o3)=C2O)O1. The molecule has 1 aromatic rings. The largest absolute Gasteiger partial charge is 0.637 e. The Morgan fingerprint density at radius 1 is 0.850 bits per heavy atom. The molecule has 1 N–H and O–H groups in total. The number of oxazole rings is 1. The van der Waals surface area contributed by atoms with Gasteiger partial charge in [0.1, 0.15) is 17.7 Å². The van der Waals surface area contributed by atoms with Crippen molar-refractivity contribution in [3.05, 3.63) is 58.7 Å². The number of cyclic esters (lactones) is 1. The van der Waals surface area contributed by atoms with Crippen LogP contribution in [0.3, 0.4) is 0 Å². The number of aromatic nitrogens is 1. The van der Waals surface area contributed by atoms with E-state index in [0.717, 1.165) is 12.8 Å². The monoisotopic (exact) mass is 551 g/mol. The van der Waals surface area contributed by atoms with E-state index in [1.807, 2.05) is 0 Å². The van der Waals surface area contributed by atoms with E-state index in [2.05, 4.69) is 16.9 Å². The fourth-order valence-corrected chi connectivity index (χ4v) is 4.76. The molecule has 40 heavy (non-hydrogen) atoms. The summed E-state index contributed by atoms with van der Waals surface area (Å²) in [4.78, 5) is 20.5. The van der Waals surface area contributed by atoms with Crippen LogP contribution in [0.4, 0.5) is 4.42 Å². The average Bonchev–Trinajstić information content (AvgIpc) is 3.59. The number of amides is 1. The van der Waals surface area contributed by atoms with Crippen LogP contribution in [0.5, 0.6) is 0 Å². The van der Waals surface area contributed by atoms with Crippen LogP contribution in [0, 0.1) is 6.92 Å². The minimum absolute atomic E-state index is 0.0618. The molecule has 1 amide bonds. The Morgan fingerprint density at radius 2 is 1.45 bits per heavy atom. The first-order valence-electron chi connectivity index (χ1n) is 15.3. The average molecular weight is 552 g/mol. The van der Waals surface area contributed by atoms with Gasteiger partial charge in [-0.15, -0.1) is 4.99 Å². The van der Waals surface area contributed by atoms with E-state index in [4.69, 9.17) is 13.6 Å². The second-order valence-corrected chi connectivity index (χ2v) is 10.6. The molecule has 0 fully saturated rings. The lowest BCUT2D eigenvalue weighted by Gasteiger charge is -2.17. The number of unbranched alkanes of at least 4 members (excludes halogenated alkanes) is 15. The lowest BCUT2D eigenvalue weighted by molar-refractivity contribution is -0.152. The highest BCUT2D eigenvalue weighted by molar-refractivity contribution is 6.21. The van der Waals surface area contributed by atoms with Gasteiger partial charge >= 0.3 is 6.09 Å². The fourth-order valence-electron chi connectivity index (χ4n) is 4.76. The molecule has 0 unspecified atom stereocenters. The van der Waals surface area contributed by atoms with E-state index in [1.165, 1.54) is 108 Å². The third kappa shape index (κ3) is 11.1. The maximum atomic E-state index is 12.3. The van der Waals surface area contributed by atoms with Crippen molar-refractivity contribution >= 4 is 24.2 Å². The third-order valence-corrected chi connectivity index (χ3v) is 7.19. The maximum absolute atomic E-state index is 12.3. The molecule has 7 heteroatoms. The van der Waals surface area contributed by atoms with Crippen LogP contribution >= 0.6 is 0 Å². The second kappa shape index (κ2) is 18.2. The van der Waals surface area contributed by atoms with Gasteiger partial charge in [-0.25, -0.2) is 4.98 Å². The van der Waals surface area contributed by atoms with Crippen LogP contribution in [-0.4, -0.2) is 34.8 Å². The zero-order chi connectivity index (χ0) is 28.4. The van der Waals surface area contributed by atoms with E-state index >= 15 is 0 Å². The number of nitrogens with zero attached hydrogens (tertiary/aromatic N) is 2. The lowest BCUT2D eigenvalue weighted by atomic mass is 9.87. The van der Waals surface area contributed by atoms with Gasteiger partial charge in [-0.05, 0) is 24.6 Å². The quantitative estimate of drug-likeness (QED) is 0.0989. The predicted octanol–water partition coefficient (Wildman–Crippen LogP) is 9.22. The molecule has 0 saturated heterocycles. The molecule has 1 aromatic heterocycles. The Balaban J connectivity index is 1.20. The van der Waals surface area contributed by atoms with Crippen LogP contribution in [0.2, 0.25) is 0 Å². The van der Waals surface area contributed by atoms with E-state index in [0.29, 0.717) is 24.0 Å². The zero-order valence-electron chi connectivity index (χ0n) is 24.5. The molecule has 0 aromatic carbocycles. The van der Waals surface area contributed by atoms with Crippen molar-refractivity contribution < 1.29 is 23.5 Å². The highest BCUT2D eigenvalue weighted by atomic mass is 16.6. The van der Waals surface area contributed by atoms with Crippen molar-refractivity contribution in [1.29, 1.82) is 0 Å². The number of ether oxygens (including phenoxy) is 1. The van der Waals surface area contributed by atoms with Crippen LogP contribution in [-0.2, 0) is 9.53 Å². The van der Waals surface area contributed by atoms with E-state index in [-0.39, 0.29) is 28.8 Å². The standard InChI is InChI=1S/C33H46N2O5/c1-3-4-5-6-7-8-9-10-11-12-13-14-15-16-17-18-23-38-33-35-25-28(40-33)20-22-30-31(36)29(32(30)37)21-19-27-24-34-26(2)39-27/h19-22,24-25H,3-18,23H2,1-2H3/p+1/b21-19+,28-20-. The van der Waals surface area contributed by atoms with E-state index < -0.39 is 0 Å². The van der Waals surface area contributed by atoms with Gasteiger partial charge in [0.05, 0.1) is 17.3 Å². The fraction of sp³-hybridized carbons (Fsp3) is 0.576. The number of aryl methyl sites for hydroxylation is 1. The number of carbonyl (C=O) groups excluding carboxylic acids is 2. The number of rotatable bonds is 20. The Morgan fingerprint density at radius 3 is 2.00 bits per heavy atom. The van der Waals surface area contributed by atoms with Crippen molar-refractivity contribution in [3.63, 3.8) is 0 Å². The Hall–Kier alpha value is -3.22. The van der Waals surface area contributed by atoms with Gasteiger partial charge in [0.15, 0.2) is 12.5 Å². The summed E-state index contributed by atoms with van der Waals surface area (Å²) < 4.78 is 16.5. The van der Waals surface area contributed by atoms with Gasteiger partial charge in [-0.3, -0.25) is 9.53 Å². The number of hydrogen-bond donors (Lipinski definition) is 1. The van der Waals surface area contributed by atoms with Gasteiger partial charge < -0.3 is 13.9 Å². The molecule has 2 heterocycles. The number of allylic oxidation sites excluding steroid dienone is 6. The summed E-state index contributed by atoms with van der Waals surface area (Å²) in [5, 5.41) is 10.2. The molecule has 0 atom stereocenters. The first-order chi connectivity index (χ1) is 19.6. The molecule has 1 aliphatic carbocycles. The van der Waals surface area contributed by atoms with Crippen molar-refractivity contribution in [2.24, 2.45) is 4.99 Å². The minimum atomic E-state index is -0.249. The molecule has 2 aliphatic rings. The van der Waals surface area contributed by atoms with Gasteiger partial charge in [0.2, 0.25) is 5.78 Å². The van der Waals surface area contributed by atoms with Crippen LogP contribution in [0.1, 0.15) is 121 Å². The van der Waals surface area contributed by atoms with Crippen LogP contribution < -0.4 is 0 Å². The number of aliphatic imine (C=N–C) groups is 1. The number of carbonyl (C=O) groups is 1. The summed E-state index contributed by atoms with van der Waals surface area (Å²) in [6.07, 6.45) is 30.9. The molecular formula is C33H47N2O5+. The smallest absolute Gasteiger partial charge is 0.506 e. The highest BCUT2D eigenvalue weighted by Crippen LogP contribution is 2.30. The molecule has 7 nitrogen and oxygen atoms in total. The summed E-state index contributed by atoms with van der Waals surface area (Å²) >= 11 is 0. The predicted molar refractivity (Wildman–Crippen MR) is 160 cm³/mol. The molecule has 0 saturated carbocycles. The molecule has 0 bridgehead atoms. The number of hydrogen-bond acceptors (Lipinski definition) is 5. The van der Waals surface area contributed by atoms with E-state index in [9.17, 15) is 9.90 Å². The minimum Gasteiger partial charge on any atom is -0.506 e. The Labute approximate surface area is 239 Å². The topological polar surface area (TPSA) is 96.2 Å². The number of ketones is 1. The van der Waals surface area contributed by atoms with Crippen molar-refractivity contribution in [3.8, 4) is 0 Å². The lowest BCUT2D eigenvalue weighted by Crippen LogP contribution is -2.20. The maximum Gasteiger partial charge on any atom is 0.637 e.